The molecule has 0 spiro atoms. The number of fused-ring (bicyclic) bond motifs is 1. The van der Waals surface area contributed by atoms with Gasteiger partial charge in [-0.05, 0) is 31.0 Å². The first-order chi connectivity index (χ1) is 12.6. The summed E-state index contributed by atoms with van der Waals surface area (Å²) in [7, 11) is 0. The van der Waals surface area contributed by atoms with Gasteiger partial charge in [0.05, 0.1) is 6.54 Å². The van der Waals surface area contributed by atoms with Crippen LogP contribution in [0.15, 0.2) is 40.4 Å². The molecule has 0 amide bonds. The number of hydrogen-bond donors (Lipinski definition) is 0. The van der Waals surface area contributed by atoms with Crippen LogP contribution in [0.1, 0.15) is 37.7 Å². The SMILES string of the molecule is O=c1n(Cc2cc(F)ccc2F)nc2c(SC3CCCCC3)nccn12. The smallest absolute Gasteiger partial charge is 0.246 e. The number of benzene rings is 1. The zero-order valence-corrected chi connectivity index (χ0v) is 14.9. The van der Waals surface area contributed by atoms with Crippen LogP contribution in [0.2, 0.25) is 0 Å². The Bertz CT molecular complexity index is 995. The van der Waals surface area contributed by atoms with E-state index >= 15 is 0 Å². The number of halogens is 2. The highest BCUT2D eigenvalue weighted by Crippen LogP contribution is 2.33. The van der Waals surface area contributed by atoms with Crippen molar-refractivity contribution in [2.24, 2.45) is 0 Å². The minimum atomic E-state index is -0.565. The normalized spacial score (nSPS) is 15.6. The molecule has 0 saturated heterocycles. The summed E-state index contributed by atoms with van der Waals surface area (Å²) < 4.78 is 29.8. The van der Waals surface area contributed by atoms with E-state index in [2.05, 4.69) is 10.1 Å². The van der Waals surface area contributed by atoms with Gasteiger partial charge in [-0.1, -0.05) is 31.0 Å². The van der Waals surface area contributed by atoms with Crippen LogP contribution >= 0.6 is 11.8 Å². The van der Waals surface area contributed by atoms with Gasteiger partial charge in [-0.25, -0.2) is 27.6 Å². The molecule has 4 rings (SSSR count). The number of hydrogen-bond acceptors (Lipinski definition) is 4. The third-order valence-electron chi connectivity index (χ3n) is 4.63. The Morgan fingerprint density at radius 2 is 2.00 bits per heavy atom. The molecule has 0 bridgehead atoms. The molecule has 3 aromatic rings. The van der Waals surface area contributed by atoms with Gasteiger partial charge in [-0.3, -0.25) is 0 Å². The van der Waals surface area contributed by atoms with E-state index in [9.17, 15) is 13.6 Å². The summed E-state index contributed by atoms with van der Waals surface area (Å²) in [5.41, 5.74) is 0.159. The lowest BCUT2D eigenvalue weighted by atomic mass is 10.0. The van der Waals surface area contributed by atoms with Crippen molar-refractivity contribution >= 4 is 17.4 Å². The zero-order chi connectivity index (χ0) is 18.1. The average molecular weight is 376 g/mol. The summed E-state index contributed by atoms with van der Waals surface area (Å²) in [5, 5.41) is 5.52. The molecule has 1 aliphatic carbocycles. The molecule has 2 heterocycles. The molecule has 1 aliphatic rings. The minimum Gasteiger partial charge on any atom is -0.246 e. The standard InChI is InChI=1S/C18H18F2N4OS/c19-13-6-7-15(20)12(10-13)11-24-18(25)23-9-8-21-17(16(23)22-24)26-14-4-2-1-3-5-14/h6-10,14H,1-5,11H2. The van der Waals surface area contributed by atoms with Gasteiger partial charge in [0.2, 0.25) is 0 Å². The van der Waals surface area contributed by atoms with E-state index in [4.69, 9.17) is 0 Å². The first-order valence-corrected chi connectivity index (χ1v) is 9.54. The fourth-order valence-electron chi connectivity index (χ4n) is 3.28. The maximum Gasteiger partial charge on any atom is 0.350 e. The predicted molar refractivity (Wildman–Crippen MR) is 95.4 cm³/mol. The number of rotatable bonds is 4. The van der Waals surface area contributed by atoms with Gasteiger partial charge in [0.1, 0.15) is 16.7 Å². The van der Waals surface area contributed by atoms with Gasteiger partial charge in [0, 0.05) is 23.2 Å². The second kappa shape index (κ2) is 7.19. The molecule has 0 radical (unpaired) electrons. The molecule has 0 unspecified atom stereocenters. The lowest BCUT2D eigenvalue weighted by Crippen LogP contribution is -2.22. The first-order valence-electron chi connectivity index (χ1n) is 8.66. The van der Waals surface area contributed by atoms with Crippen LogP contribution in [0.25, 0.3) is 5.65 Å². The Balaban J connectivity index is 1.68. The van der Waals surface area contributed by atoms with Crippen molar-refractivity contribution in [1.29, 1.82) is 0 Å². The van der Waals surface area contributed by atoms with Crippen molar-refractivity contribution in [2.75, 3.05) is 0 Å². The average Bonchev–Trinajstić information content (AvgIpc) is 2.96. The molecule has 8 heteroatoms. The van der Waals surface area contributed by atoms with E-state index in [1.807, 2.05) is 0 Å². The fourth-order valence-corrected chi connectivity index (χ4v) is 4.53. The summed E-state index contributed by atoms with van der Waals surface area (Å²) in [4.78, 5) is 17.0. The molecule has 0 aliphatic heterocycles. The molecule has 0 N–H and O–H groups in total. The fraction of sp³-hybridized carbons (Fsp3) is 0.389. The Labute approximate surface area is 153 Å². The summed E-state index contributed by atoms with van der Waals surface area (Å²) in [6, 6.07) is 3.19. The van der Waals surface area contributed by atoms with Crippen molar-refractivity contribution in [3.8, 4) is 0 Å². The Kier molecular flexibility index (Phi) is 4.76. The second-order valence-corrected chi connectivity index (χ2v) is 7.77. The quantitative estimate of drug-likeness (QED) is 0.698. The molecular formula is C18H18F2N4OS. The zero-order valence-electron chi connectivity index (χ0n) is 14.1. The maximum absolute atomic E-state index is 13.9. The van der Waals surface area contributed by atoms with Gasteiger partial charge in [0.15, 0.2) is 5.65 Å². The van der Waals surface area contributed by atoms with Gasteiger partial charge in [-0.15, -0.1) is 5.10 Å². The number of thioether (sulfide) groups is 1. The van der Waals surface area contributed by atoms with Crippen LogP contribution in [-0.2, 0) is 6.54 Å². The van der Waals surface area contributed by atoms with Crippen molar-refractivity contribution in [3.63, 3.8) is 0 Å². The Morgan fingerprint density at radius 1 is 1.19 bits per heavy atom. The van der Waals surface area contributed by atoms with E-state index < -0.39 is 17.3 Å². The van der Waals surface area contributed by atoms with E-state index in [0.29, 0.717) is 15.9 Å². The second-order valence-electron chi connectivity index (χ2n) is 6.48. The topological polar surface area (TPSA) is 52.2 Å². The molecule has 0 atom stereocenters. The number of nitrogens with zero attached hydrogens (tertiary/aromatic N) is 4. The van der Waals surface area contributed by atoms with Crippen LogP contribution in [0.5, 0.6) is 0 Å². The molecule has 5 nitrogen and oxygen atoms in total. The highest BCUT2D eigenvalue weighted by Gasteiger charge is 2.19. The van der Waals surface area contributed by atoms with E-state index in [1.165, 1.54) is 23.7 Å². The van der Waals surface area contributed by atoms with Crippen molar-refractivity contribution in [1.82, 2.24) is 19.2 Å². The van der Waals surface area contributed by atoms with Crippen LogP contribution < -0.4 is 5.69 Å². The third-order valence-corrected chi connectivity index (χ3v) is 5.94. The summed E-state index contributed by atoms with van der Waals surface area (Å²) in [6.45, 7) is -0.127. The highest BCUT2D eigenvalue weighted by molar-refractivity contribution is 8.00. The molecular weight excluding hydrogens is 358 g/mol. The Morgan fingerprint density at radius 3 is 2.81 bits per heavy atom. The maximum atomic E-state index is 13.9. The molecule has 136 valence electrons. The highest BCUT2D eigenvalue weighted by atomic mass is 32.2. The van der Waals surface area contributed by atoms with Crippen molar-refractivity contribution in [2.45, 2.75) is 48.9 Å². The monoisotopic (exact) mass is 376 g/mol. The first kappa shape index (κ1) is 17.2. The summed E-state index contributed by atoms with van der Waals surface area (Å²) >= 11 is 1.65. The summed E-state index contributed by atoms with van der Waals surface area (Å²) in [6.07, 6.45) is 9.08. The van der Waals surface area contributed by atoms with Crippen LogP contribution in [0.3, 0.4) is 0 Å². The lowest BCUT2D eigenvalue weighted by molar-refractivity contribution is 0.516. The minimum absolute atomic E-state index is 0.0879. The van der Waals surface area contributed by atoms with Crippen molar-refractivity contribution in [3.05, 3.63) is 58.3 Å². The van der Waals surface area contributed by atoms with Crippen molar-refractivity contribution < 1.29 is 8.78 Å². The van der Waals surface area contributed by atoms with E-state index in [0.717, 1.165) is 35.7 Å². The van der Waals surface area contributed by atoms with Gasteiger partial charge in [0.25, 0.3) is 0 Å². The van der Waals surface area contributed by atoms with Gasteiger partial charge < -0.3 is 0 Å². The number of aromatic nitrogens is 4. The largest absolute Gasteiger partial charge is 0.350 e. The molecule has 26 heavy (non-hydrogen) atoms. The van der Waals surface area contributed by atoms with Crippen LogP contribution in [0.4, 0.5) is 8.78 Å². The van der Waals surface area contributed by atoms with E-state index in [1.54, 1.807) is 24.2 Å². The molecule has 2 aromatic heterocycles. The predicted octanol–water partition coefficient (Wildman–Crippen LogP) is 3.64. The van der Waals surface area contributed by atoms with Crippen LogP contribution in [-0.4, -0.2) is 24.4 Å². The third kappa shape index (κ3) is 3.38. The van der Waals surface area contributed by atoms with E-state index in [-0.39, 0.29) is 12.1 Å². The van der Waals surface area contributed by atoms with Gasteiger partial charge in [-0.2, -0.15) is 0 Å². The molecule has 1 aromatic carbocycles. The molecule has 1 fully saturated rings. The lowest BCUT2D eigenvalue weighted by Gasteiger charge is -2.20. The van der Waals surface area contributed by atoms with Gasteiger partial charge >= 0.3 is 5.69 Å². The summed E-state index contributed by atoms with van der Waals surface area (Å²) in [5.74, 6) is -1.11. The van der Waals surface area contributed by atoms with Crippen LogP contribution in [0, 0.1) is 11.6 Å². The molecule has 1 saturated carbocycles. The Hall–Kier alpha value is -2.22.